The summed E-state index contributed by atoms with van der Waals surface area (Å²) in [6.45, 7) is 12.0. The monoisotopic (exact) mass is 595 g/mol. The minimum atomic E-state index is -0.843. The number of aliphatic hydroxyl groups excluding tert-OH is 1. The Morgan fingerprint density at radius 3 is 2.81 bits per heavy atom. The van der Waals surface area contributed by atoms with Crippen molar-refractivity contribution in [3.8, 4) is 0 Å². The number of aromatic nitrogens is 3. The van der Waals surface area contributed by atoms with Crippen molar-refractivity contribution in [1.29, 1.82) is 0 Å². The van der Waals surface area contributed by atoms with Gasteiger partial charge in [0.05, 0.1) is 41.4 Å². The van der Waals surface area contributed by atoms with Crippen molar-refractivity contribution in [1.82, 2.24) is 24.8 Å². The molecule has 3 saturated heterocycles. The summed E-state index contributed by atoms with van der Waals surface area (Å²) in [4.78, 5) is 45.9. The van der Waals surface area contributed by atoms with E-state index >= 15 is 0 Å². The Balaban J connectivity index is 1.52. The maximum atomic E-state index is 14.7. The van der Waals surface area contributed by atoms with Gasteiger partial charge >= 0.3 is 5.97 Å². The molecule has 0 aliphatic carbocycles. The lowest BCUT2D eigenvalue weighted by Gasteiger charge is -2.41. The number of unbranched alkanes of at least 4 members (excludes halogenated alkanes) is 1. The summed E-state index contributed by atoms with van der Waals surface area (Å²) in [5, 5.41) is 19.0. The standard InChI is InChI=1S/C31H41N5O5S/c1-5-8-11-17-41-30(40)25-24-14-15-31(42-24)26(25)28(38)36(23(18-37)20(4)7-3)27(31)29(39)34(16-6-2)19-35-22-13-10-9-12-21(22)32-33-35/h5-6,9-10,12-13,20,23-27,37H,1-2,7-8,11,14-19H2,3-4H3/t20-,23-,24-,25+,26-,27?,31?/m0/s1. The van der Waals surface area contributed by atoms with E-state index in [1.54, 1.807) is 38.4 Å². The van der Waals surface area contributed by atoms with Crippen LogP contribution >= 0.6 is 11.8 Å². The van der Waals surface area contributed by atoms with Gasteiger partial charge in [-0.3, -0.25) is 14.4 Å². The highest BCUT2D eigenvalue weighted by atomic mass is 32.2. The molecular formula is C31H41N5O5S. The number of hydrogen-bond donors (Lipinski definition) is 1. The van der Waals surface area contributed by atoms with Crippen LogP contribution in [0.3, 0.4) is 0 Å². The molecule has 11 heteroatoms. The SMILES string of the molecule is C=CCCCOC(=O)[C@@H]1[C@@H]2CCC3(S2)C(C(=O)N(CC=C)Cn2nnc4ccccc42)N([C@@H](CO)[C@@H](C)CC)C(=O)[C@H]13. The van der Waals surface area contributed by atoms with Gasteiger partial charge in [-0.05, 0) is 43.7 Å². The number of esters is 1. The average Bonchev–Trinajstić information content (AvgIpc) is 3.75. The molecule has 2 bridgehead atoms. The van der Waals surface area contributed by atoms with E-state index in [9.17, 15) is 19.5 Å². The molecule has 2 amide bonds. The molecule has 1 N–H and O–H groups in total. The molecule has 3 fully saturated rings. The van der Waals surface area contributed by atoms with Gasteiger partial charge in [0, 0.05) is 11.8 Å². The molecule has 1 aromatic heterocycles. The minimum Gasteiger partial charge on any atom is -0.465 e. The van der Waals surface area contributed by atoms with Crippen molar-refractivity contribution in [3.63, 3.8) is 0 Å². The second-order valence-corrected chi connectivity index (χ2v) is 13.2. The van der Waals surface area contributed by atoms with Crippen LogP contribution in [-0.4, -0.2) is 89.5 Å². The summed E-state index contributed by atoms with van der Waals surface area (Å²) >= 11 is 1.60. The number of likely N-dealkylation sites (tertiary alicyclic amines) is 1. The first-order chi connectivity index (χ1) is 20.3. The van der Waals surface area contributed by atoms with E-state index in [1.807, 2.05) is 38.1 Å². The molecule has 4 heterocycles. The predicted molar refractivity (Wildman–Crippen MR) is 161 cm³/mol. The van der Waals surface area contributed by atoms with E-state index in [-0.39, 0.29) is 55.4 Å². The number of hydrogen-bond acceptors (Lipinski definition) is 8. The smallest absolute Gasteiger partial charge is 0.310 e. The van der Waals surface area contributed by atoms with Crippen molar-refractivity contribution in [2.45, 2.75) is 74.7 Å². The van der Waals surface area contributed by atoms with E-state index in [2.05, 4.69) is 23.5 Å². The fourth-order valence-corrected chi connectivity index (χ4v) is 9.22. The third-order valence-corrected chi connectivity index (χ3v) is 11.2. The molecule has 7 atom stereocenters. The largest absolute Gasteiger partial charge is 0.465 e. The van der Waals surface area contributed by atoms with Crippen LogP contribution in [-0.2, 0) is 25.8 Å². The summed E-state index contributed by atoms with van der Waals surface area (Å²) in [7, 11) is 0. The predicted octanol–water partition coefficient (Wildman–Crippen LogP) is 3.41. The Morgan fingerprint density at radius 1 is 1.31 bits per heavy atom. The van der Waals surface area contributed by atoms with Crippen LogP contribution in [0.15, 0.2) is 49.6 Å². The topological polar surface area (TPSA) is 118 Å². The van der Waals surface area contributed by atoms with Gasteiger partial charge < -0.3 is 19.6 Å². The summed E-state index contributed by atoms with van der Waals surface area (Å²) in [6.07, 6.45) is 6.93. The number of allylic oxidation sites excluding steroid dienone is 1. The molecule has 10 nitrogen and oxygen atoms in total. The Labute approximate surface area is 251 Å². The molecule has 5 rings (SSSR count). The average molecular weight is 596 g/mol. The number of aliphatic hydroxyl groups is 1. The highest BCUT2D eigenvalue weighted by Crippen LogP contribution is 2.67. The van der Waals surface area contributed by atoms with Gasteiger partial charge in [0.2, 0.25) is 11.8 Å². The van der Waals surface area contributed by atoms with Crippen LogP contribution in [0.5, 0.6) is 0 Å². The zero-order valence-electron chi connectivity index (χ0n) is 24.4. The van der Waals surface area contributed by atoms with Crippen LogP contribution in [0.4, 0.5) is 0 Å². The number of rotatable bonds is 14. The van der Waals surface area contributed by atoms with Crippen molar-refractivity contribution < 1.29 is 24.2 Å². The Kier molecular flexibility index (Phi) is 9.08. The molecule has 1 aromatic carbocycles. The Morgan fingerprint density at radius 2 is 2.10 bits per heavy atom. The van der Waals surface area contributed by atoms with E-state index in [1.165, 1.54) is 0 Å². The van der Waals surface area contributed by atoms with Crippen LogP contribution in [0.25, 0.3) is 11.0 Å². The van der Waals surface area contributed by atoms with Crippen LogP contribution in [0.1, 0.15) is 46.0 Å². The number of amides is 2. The number of benzene rings is 1. The number of nitrogens with zero attached hydrogens (tertiary/aromatic N) is 5. The molecule has 0 radical (unpaired) electrons. The number of carbonyl (C=O) groups is 3. The van der Waals surface area contributed by atoms with Gasteiger partial charge in [0.15, 0.2) is 0 Å². The molecule has 42 heavy (non-hydrogen) atoms. The van der Waals surface area contributed by atoms with Crippen LogP contribution in [0, 0.1) is 17.8 Å². The minimum absolute atomic E-state index is 0.0527. The van der Waals surface area contributed by atoms with Gasteiger partial charge in [-0.2, -0.15) is 0 Å². The van der Waals surface area contributed by atoms with E-state index in [0.29, 0.717) is 12.8 Å². The molecule has 0 saturated carbocycles. The first-order valence-corrected chi connectivity index (χ1v) is 15.8. The van der Waals surface area contributed by atoms with Crippen LogP contribution < -0.4 is 0 Å². The zero-order chi connectivity index (χ0) is 30.0. The Hall–Kier alpha value is -3.18. The van der Waals surface area contributed by atoms with Crippen molar-refractivity contribution in [2.24, 2.45) is 17.8 Å². The lowest BCUT2D eigenvalue weighted by Crippen LogP contribution is -2.58. The Bertz CT molecular complexity index is 1350. The van der Waals surface area contributed by atoms with Gasteiger partial charge in [0.25, 0.3) is 0 Å². The second-order valence-electron chi connectivity index (χ2n) is 11.6. The van der Waals surface area contributed by atoms with Gasteiger partial charge in [-0.1, -0.05) is 49.8 Å². The van der Waals surface area contributed by atoms with Crippen molar-refractivity contribution in [3.05, 3.63) is 49.6 Å². The number of ether oxygens (including phenoxy) is 1. The number of thioether (sulfide) groups is 1. The lowest BCUT2D eigenvalue weighted by atomic mass is 9.71. The number of fused-ring (bicyclic) bond motifs is 2. The fraction of sp³-hybridized carbons (Fsp3) is 0.581. The third kappa shape index (κ3) is 5.04. The molecule has 226 valence electrons. The number of para-hydroxylation sites is 1. The normalized spacial score (nSPS) is 27.6. The highest BCUT2D eigenvalue weighted by molar-refractivity contribution is 8.02. The lowest BCUT2D eigenvalue weighted by molar-refractivity contribution is -0.155. The highest BCUT2D eigenvalue weighted by Gasteiger charge is 2.75. The first kappa shape index (κ1) is 30.3. The maximum absolute atomic E-state index is 14.7. The van der Waals surface area contributed by atoms with Gasteiger partial charge in [0.1, 0.15) is 18.2 Å². The van der Waals surface area contributed by atoms with Crippen molar-refractivity contribution in [2.75, 3.05) is 19.8 Å². The van der Waals surface area contributed by atoms with Crippen LogP contribution in [0.2, 0.25) is 0 Å². The molecule has 3 aliphatic rings. The molecule has 2 aromatic rings. The zero-order valence-corrected chi connectivity index (χ0v) is 25.2. The molecule has 3 aliphatic heterocycles. The number of carbonyl (C=O) groups excluding carboxylic acids is 3. The van der Waals surface area contributed by atoms with E-state index in [0.717, 1.165) is 30.3 Å². The summed E-state index contributed by atoms with van der Waals surface area (Å²) in [5.41, 5.74) is 1.51. The summed E-state index contributed by atoms with van der Waals surface area (Å²) in [6, 6.07) is 6.14. The quantitative estimate of drug-likeness (QED) is 0.201. The summed E-state index contributed by atoms with van der Waals surface area (Å²) < 4.78 is 6.56. The maximum Gasteiger partial charge on any atom is 0.310 e. The third-order valence-electron chi connectivity index (χ3n) is 9.27. The summed E-state index contributed by atoms with van der Waals surface area (Å²) in [5.74, 6) is -2.20. The fourth-order valence-electron chi connectivity index (χ4n) is 7.04. The molecular weight excluding hydrogens is 554 g/mol. The molecule has 2 unspecified atom stereocenters. The van der Waals surface area contributed by atoms with E-state index in [4.69, 9.17) is 4.74 Å². The van der Waals surface area contributed by atoms with Gasteiger partial charge in [-0.15, -0.1) is 30.0 Å². The first-order valence-electron chi connectivity index (χ1n) is 14.9. The van der Waals surface area contributed by atoms with E-state index < -0.39 is 28.7 Å². The van der Waals surface area contributed by atoms with Crippen molar-refractivity contribution >= 4 is 40.6 Å². The second kappa shape index (κ2) is 12.6. The van der Waals surface area contributed by atoms with Gasteiger partial charge in [-0.25, -0.2) is 4.68 Å². The molecule has 1 spiro atoms.